The number of anilines is 1. The molecule has 0 aliphatic rings. The number of nitrogens with one attached hydrogen (secondary N) is 2. The largest absolute Gasteiger partial charge is 0.464 e. The summed E-state index contributed by atoms with van der Waals surface area (Å²) in [6.45, 7) is 3.99. The normalized spacial score (nSPS) is 12.2. The third-order valence-electron chi connectivity index (χ3n) is 4.77. The average molecular weight is 440 g/mol. The molecule has 0 saturated heterocycles. The standard InChI is InChI=1S/C22H21N3O3S2/c1-3-14-7-4-5-8-16(14)23-18(26)12-29-13(2)20-24-21(27)19-15(11-30-22(19)25-20)17-9-6-10-28-17/h4-11,13H,3,12H2,1-2H3,(H,23,26)(H,24,25,27). The molecule has 0 aliphatic heterocycles. The molecule has 30 heavy (non-hydrogen) atoms. The molecule has 0 fully saturated rings. The molecule has 0 aliphatic carbocycles. The number of thiophene rings is 1. The van der Waals surface area contributed by atoms with E-state index in [2.05, 4.69) is 22.2 Å². The van der Waals surface area contributed by atoms with E-state index in [-0.39, 0.29) is 22.5 Å². The quantitative estimate of drug-likeness (QED) is 0.411. The van der Waals surface area contributed by atoms with Crippen molar-refractivity contribution in [2.24, 2.45) is 0 Å². The summed E-state index contributed by atoms with van der Waals surface area (Å²) in [6.07, 6.45) is 2.43. The monoisotopic (exact) mass is 439 g/mol. The molecule has 1 aromatic carbocycles. The number of para-hydroxylation sites is 1. The second-order valence-electron chi connectivity index (χ2n) is 6.77. The van der Waals surface area contributed by atoms with Crippen LogP contribution in [0, 0.1) is 0 Å². The van der Waals surface area contributed by atoms with E-state index in [0.29, 0.717) is 21.8 Å². The highest BCUT2D eigenvalue weighted by Crippen LogP contribution is 2.33. The summed E-state index contributed by atoms with van der Waals surface area (Å²) in [5.74, 6) is 1.40. The SMILES string of the molecule is CCc1ccccc1NC(=O)CSC(C)c1nc2scc(-c3ccco3)c2c(=O)[nH]1. The van der Waals surface area contributed by atoms with E-state index >= 15 is 0 Å². The van der Waals surface area contributed by atoms with Crippen LogP contribution >= 0.6 is 23.1 Å². The lowest BCUT2D eigenvalue weighted by atomic mass is 10.1. The molecule has 3 heterocycles. The number of aromatic nitrogens is 2. The topological polar surface area (TPSA) is 88.0 Å². The van der Waals surface area contributed by atoms with Crippen molar-refractivity contribution in [3.63, 3.8) is 0 Å². The lowest BCUT2D eigenvalue weighted by Gasteiger charge is -2.12. The maximum absolute atomic E-state index is 12.7. The van der Waals surface area contributed by atoms with Crippen LogP contribution < -0.4 is 10.9 Å². The number of aromatic amines is 1. The van der Waals surface area contributed by atoms with E-state index in [1.807, 2.05) is 42.6 Å². The number of hydrogen-bond donors (Lipinski definition) is 2. The van der Waals surface area contributed by atoms with Crippen molar-refractivity contribution in [3.8, 4) is 11.3 Å². The Morgan fingerprint density at radius 3 is 2.90 bits per heavy atom. The first-order valence-electron chi connectivity index (χ1n) is 9.61. The third kappa shape index (κ3) is 4.20. The summed E-state index contributed by atoms with van der Waals surface area (Å²) in [5, 5.41) is 5.25. The minimum absolute atomic E-state index is 0.0765. The lowest BCUT2D eigenvalue weighted by Crippen LogP contribution is -2.17. The van der Waals surface area contributed by atoms with Crippen LogP contribution in [0.4, 0.5) is 5.69 Å². The molecule has 154 valence electrons. The molecule has 4 rings (SSSR count). The number of nitrogens with zero attached hydrogens (tertiary/aromatic N) is 1. The first-order chi connectivity index (χ1) is 14.6. The molecule has 6 nitrogen and oxygen atoms in total. The molecule has 0 spiro atoms. The summed E-state index contributed by atoms with van der Waals surface area (Å²) in [5.41, 5.74) is 2.49. The van der Waals surface area contributed by atoms with E-state index in [4.69, 9.17) is 4.42 Å². The summed E-state index contributed by atoms with van der Waals surface area (Å²) >= 11 is 2.84. The van der Waals surface area contributed by atoms with Gasteiger partial charge in [-0.3, -0.25) is 9.59 Å². The van der Waals surface area contributed by atoms with E-state index in [1.165, 1.54) is 23.1 Å². The van der Waals surface area contributed by atoms with Gasteiger partial charge in [0, 0.05) is 16.6 Å². The minimum atomic E-state index is -0.198. The highest BCUT2D eigenvalue weighted by Gasteiger charge is 2.18. The Bertz CT molecular complexity index is 1230. The molecular formula is C22H21N3O3S2. The maximum Gasteiger partial charge on any atom is 0.260 e. The van der Waals surface area contributed by atoms with Crippen LogP contribution in [-0.2, 0) is 11.2 Å². The van der Waals surface area contributed by atoms with Crippen molar-refractivity contribution < 1.29 is 9.21 Å². The number of furan rings is 1. The number of aryl methyl sites for hydroxylation is 1. The molecule has 1 atom stereocenters. The Hall–Kier alpha value is -2.84. The highest BCUT2D eigenvalue weighted by molar-refractivity contribution is 8.00. The van der Waals surface area contributed by atoms with Gasteiger partial charge < -0.3 is 14.7 Å². The Morgan fingerprint density at radius 1 is 1.30 bits per heavy atom. The molecule has 3 aromatic heterocycles. The number of benzene rings is 1. The smallest absolute Gasteiger partial charge is 0.260 e. The second-order valence-corrected chi connectivity index (χ2v) is 8.96. The molecule has 0 saturated carbocycles. The number of rotatable bonds is 7. The number of carbonyl (C=O) groups is 1. The number of carbonyl (C=O) groups excluding carboxylic acids is 1. The van der Waals surface area contributed by atoms with Crippen molar-refractivity contribution in [2.75, 3.05) is 11.1 Å². The van der Waals surface area contributed by atoms with Crippen LogP contribution in [0.2, 0.25) is 0 Å². The Kier molecular flexibility index (Phi) is 6.06. The summed E-state index contributed by atoms with van der Waals surface area (Å²) in [4.78, 5) is 33.3. The Morgan fingerprint density at radius 2 is 2.13 bits per heavy atom. The minimum Gasteiger partial charge on any atom is -0.464 e. The van der Waals surface area contributed by atoms with Crippen LogP contribution in [0.5, 0.6) is 0 Å². The van der Waals surface area contributed by atoms with Gasteiger partial charge in [-0.1, -0.05) is 25.1 Å². The zero-order valence-corrected chi connectivity index (χ0v) is 18.2. The molecule has 0 radical (unpaired) electrons. The van der Waals surface area contributed by atoms with Crippen molar-refractivity contribution >= 4 is 44.9 Å². The molecule has 4 aromatic rings. The van der Waals surface area contributed by atoms with Crippen molar-refractivity contribution in [1.82, 2.24) is 9.97 Å². The van der Waals surface area contributed by atoms with E-state index in [1.54, 1.807) is 12.3 Å². The van der Waals surface area contributed by atoms with Crippen LogP contribution in [0.15, 0.2) is 57.3 Å². The number of H-pyrrole nitrogens is 1. The summed E-state index contributed by atoms with van der Waals surface area (Å²) < 4.78 is 5.43. The fourth-order valence-corrected chi connectivity index (χ4v) is 4.87. The van der Waals surface area contributed by atoms with E-state index in [9.17, 15) is 9.59 Å². The Labute approximate surface area is 181 Å². The van der Waals surface area contributed by atoms with Gasteiger partial charge in [-0.15, -0.1) is 23.1 Å². The van der Waals surface area contributed by atoms with Gasteiger partial charge in [0.05, 0.1) is 22.7 Å². The van der Waals surface area contributed by atoms with Gasteiger partial charge in [0.15, 0.2) is 0 Å². The molecule has 1 unspecified atom stereocenters. The summed E-state index contributed by atoms with van der Waals surface area (Å²) in [6, 6.07) is 11.4. The third-order valence-corrected chi connectivity index (χ3v) is 6.80. The number of fused-ring (bicyclic) bond motifs is 1. The molecule has 1 amide bonds. The molecule has 2 N–H and O–H groups in total. The van der Waals surface area contributed by atoms with Gasteiger partial charge >= 0.3 is 0 Å². The predicted octanol–water partition coefficient (Wildman–Crippen LogP) is 5.24. The number of amides is 1. The van der Waals surface area contributed by atoms with Crippen molar-refractivity contribution in [3.05, 3.63) is 69.8 Å². The van der Waals surface area contributed by atoms with E-state index < -0.39 is 0 Å². The van der Waals surface area contributed by atoms with Gasteiger partial charge in [0.1, 0.15) is 16.4 Å². The Balaban J connectivity index is 1.46. The van der Waals surface area contributed by atoms with Gasteiger partial charge in [-0.25, -0.2) is 4.98 Å². The average Bonchev–Trinajstić information content (AvgIpc) is 3.42. The van der Waals surface area contributed by atoms with Crippen molar-refractivity contribution in [2.45, 2.75) is 25.5 Å². The molecule has 8 heteroatoms. The fourth-order valence-electron chi connectivity index (χ4n) is 3.19. The van der Waals surface area contributed by atoms with Crippen LogP contribution in [0.1, 0.15) is 30.5 Å². The number of thioether (sulfide) groups is 1. The number of hydrogen-bond acceptors (Lipinski definition) is 6. The zero-order valence-electron chi connectivity index (χ0n) is 16.6. The fraction of sp³-hybridized carbons (Fsp3) is 0.227. The lowest BCUT2D eigenvalue weighted by molar-refractivity contribution is -0.113. The molecule has 0 bridgehead atoms. The predicted molar refractivity (Wildman–Crippen MR) is 123 cm³/mol. The summed E-state index contributed by atoms with van der Waals surface area (Å²) in [7, 11) is 0. The van der Waals surface area contributed by atoms with Gasteiger partial charge in [-0.2, -0.15) is 0 Å². The van der Waals surface area contributed by atoms with Gasteiger partial charge in [-0.05, 0) is 37.1 Å². The van der Waals surface area contributed by atoms with E-state index in [0.717, 1.165) is 23.2 Å². The van der Waals surface area contributed by atoms with Crippen LogP contribution in [0.25, 0.3) is 21.5 Å². The van der Waals surface area contributed by atoms with Crippen LogP contribution in [0.3, 0.4) is 0 Å². The first-order valence-corrected chi connectivity index (χ1v) is 11.5. The molecular weight excluding hydrogens is 418 g/mol. The van der Waals surface area contributed by atoms with Gasteiger partial charge in [0.2, 0.25) is 5.91 Å². The highest BCUT2D eigenvalue weighted by atomic mass is 32.2. The maximum atomic E-state index is 12.7. The van der Waals surface area contributed by atoms with Crippen LogP contribution in [-0.4, -0.2) is 21.6 Å². The van der Waals surface area contributed by atoms with Gasteiger partial charge in [0.25, 0.3) is 5.56 Å². The van der Waals surface area contributed by atoms with Crippen molar-refractivity contribution in [1.29, 1.82) is 0 Å². The zero-order chi connectivity index (χ0) is 21.1. The second kappa shape index (κ2) is 8.89. The first kappa shape index (κ1) is 20.4.